The Balaban J connectivity index is 2.16. The van der Waals surface area contributed by atoms with E-state index in [1.165, 1.54) is 7.11 Å². The lowest BCUT2D eigenvalue weighted by molar-refractivity contribution is -0.142. The van der Waals surface area contributed by atoms with Crippen molar-refractivity contribution >= 4 is 11.7 Å². The average Bonchev–Trinajstić information content (AvgIpc) is 2.51. The smallest absolute Gasteiger partial charge is 0.314 e. The van der Waals surface area contributed by atoms with E-state index >= 15 is 0 Å². The summed E-state index contributed by atoms with van der Waals surface area (Å²) in [6.45, 7) is 0.108. The van der Waals surface area contributed by atoms with Gasteiger partial charge in [-0.3, -0.25) is 4.79 Å². The lowest BCUT2D eigenvalue weighted by Gasteiger charge is -2.17. The highest BCUT2D eigenvalue weighted by Gasteiger charge is 2.21. The normalized spacial score (nSPS) is 11.8. The SMILES string of the molecule is COC(=O)C(CNc1cc(F)ccc1F)c1ccccc1. The molecule has 2 rings (SSSR count). The summed E-state index contributed by atoms with van der Waals surface area (Å²) in [6, 6.07) is 12.1. The Kier molecular flexibility index (Phi) is 4.87. The molecule has 0 amide bonds. The lowest BCUT2D eigenvalue weighted by atomic mass is 9.99. The minimum absolute atomic E-state index is 0.0137. The zero-order valence-corrected chi connectivity index (χ0v) is 11.5. The largest absolute Gasteiger partial charge is 0.468 e. The Labute approximate surface area is 121 Å². The standard InChI is InChI=1S/C16H15F2NO2/c1-21-16(20)13(11-5-3-2-4-6-11)10-19-15-9-12(17)7-8-14(15)18/h2-9,13,19H,10H2,1H3. The van der Waals surface area contributed by atoms with Gasteiger partial charge in [0.2, 0.25) is 0 Å². The molecule has 3 nitrogen and oxygen atoms in total. The van der Waals surface area contributed by atoms with Crippen molar-refractivity contribution in [2.45, 2.75) is 5.92 Å². The summed E-state index contributed by atoms with van der Waals surface area (Å²) in [5, 5.41) is 2.75. The van der Waals surface area contributed by atoms with Gasteiger partial charge in [0.1, 0.15) is 11.6 Å². The summed E-state index contributed by atoms with van der Waals surface area (Å²) >= 11 is 0. The van der Waals surface area contributed by atoms with Crippen molar-refractivity contribution < 1.29 is 18.3 Å². The number of esters is 1. The number of hydrogen-bond donors (Lipinski definition) is 1. The van der Waals surface area contributed by atoms with Gasteiger partial charge in [-0.15, -0.1) is 0 Å². The molecule has 0 aliphatic carbocycles. The van der Waals surface area contributed by atoms with Gasteiger partial charge in [-0.05, 0) is 23.8 Å². The Bertz CT molecular complexity index is 617. The van der Waals surface area contributed by atoms with Crippen molar-refractivity contribution in [2.24, 2.45) is 0 Å². The van der Waals surface area contributed by atoms with E-state index in [0.29, 0.717) is 0 Å². The summed E-state index contributed by atoms with van der Waals surface area (Å²) in [7, 11) is 1.29. The predicted molar refractivity (Wildman–Crippen MR) is 76.0 cm³/mol. The van der Waals surface area contributed by atoms with Crippen LogP contribution in [-0.4, -0.2) is 19.6 Å². The Morgan fingerprint density at radius 2 is 1.90 bits per heavy atom. The quantitative estimate of drug-likeness (QED) is 0.859. The first-order chi connectivity index (χ1) is 10.1. The minimum Gasteiger partial charge on any atom is -0.468 e. The van der Waals surface area contributed by atoms with E-state index < -0.39 is 23.5 Å². The summed E-state index contributed by atoms with van der Waals surface area (Å²) in [5.74, 6) is -2.16. The second-order valence-electron chi connectivity index (χ2n) is 4.49. The van der Waals surface area contributed by atoms with Crippen LogP contribution in [0.3, 0.4) is 0 Å². The average molecular weight is 291 g/mol. The van der Waals surface area contributed by atoms with Crippen LogP contribution in [0.15, 0.2) is 48.5 Å². The number of methoxy groups -OCH3 is 1. The van der Waals surface area contributed by atoms with Crippen LogP contribution >= 0.6 is 0 Å². The van der Waals surface area contributed by atoms with Crippen LogP contribution in [0.4, 0.5) is 14.5 Å². The van der Waals surface area contributed by atoms with Gasteiger partial charge in [-0.25, -0.2) is 8.78 Å². The van der Waals surface area contributed by atoms with E-state index in [1.54, 1.807) is 24.3 Å². The maximum absolute atomic E-state index is 13.6. The molecule has 21 heavy (non-hydrogen) atoms. The van der Waals surface area contributed by atoms with Gasteiger partial charge in [0.05, 0.1) is 18.7 Å². The van der Waals surface area contributed by atoms with Crippen molar-refractivity contribution in [3.8, 4) is 0 Å². The third kappa shape index (κ3) is 3.78. The highest BCUT2D eigenvalue weighted by atomic mass is 19.1. The second-order valence-corrected chi connectivity index (χ2v) is 4.49. The van der Waals surface area contributed by atoms with Crippen LogP contribution in [0.25, 0.3) is 0 Å². The monoisotopic (exact) mass is 291 g/mol. The molecule has 0 heterocycles. The van der Waals surface area contributed by atoms with Gasteiger partial charge >= 0.3 is 5.97 Å². The fourth-order valence-electron chi connectivity index (χ4n) is 2.01. The van der Waals surface area contributed by atoms with E-state index in [-0.39, 0.29) is 12.2 Å². The molecule has 110 valence electrons. The highest BCUT2D eigenvalue weighted by Crippen LogP contribution is 2.20. The Morgan fingerprint density at radius 1 is 1.19 bits per heavy atom. The van der Waals surface area contributed by atoms with Crippen LogP contribution in [0.5, 0.6) is 0 Å². The van der Waals surface area contributed by atoms with Crippen molar-refractivity contribution in [3.63, 3.8) is 0 Å². The molecule has 0 bridgehead atoms. The molecule has 0 aromatic heterocycles. The number of carbonyl (C=O) groups excluding carboxylic acids is 1. The van der Waals surface area contributed by atoms with E-state index in [0.717, 1.165) is 23.8 Å². The molecule has 1 atom stereocenters. The lowest BCUT2D eigenvalue weighted by Crippen LogP contribution is -2.22. The van der Waals surface area contributed by atoms with Crippen LogP contribution < -0.4 is 5.32 Å². The van der Waals surface area contributed by atoms with Crippen molar-refractivity contribution in [1.29, 1.82) is 0 Å². The summed E-state index contributed by atoms with van der Waals surface area (Å²) < 4.78 is 31.4. The molecule has 0 fully saturated rings. The number of carbonyl (C=O) groups is 1. The molecule has 0 saturated carbocycles. The molecule has 0 radical (unpaired) electrons. The molecule has 2 aromatic carbocycles. The van der Waals surface area contributed by atoms with Gasteiger partial charge in [-0.1, -0.05) is 30.3 Å². The number of anilines is 1. The summed E-state index contributed by atoms with van der Waals surface area (Å²) in [4.78, 5) is 11.9. The third-order valence-corrected chi connectivity index (χ3v) is 3.11. The van der Waals surface area contributed by atoms with Crippen LogP contribution in [0.1, 0.15) is 11.5 Å². The summed E-state index contributed by atoms with van der Waals surface area (Å²) in [5.41, 5.74) is 0.758. The van der Waals surface area contributed by atoms with Gasteiger partial charge in [-0.2, -0.15) is 0 Å². The molecule has 0 aliphatic heterocycles. The maximum atomic E-state index is 13.6. The van der Waals surface area contributed by atoms with E-state index in [9.17, 15) is 13.6 Å². The van der Waals surface area contributed by atoms with Crippen molar-refractivity contribution in [2.75, 3.05) is 19.0 Å². The first kappa shape index (κ1) is 15.0. The zero-order chi connectivity index (χ0) is 15.2. The fraction of sp³-hybridized carbons (Fsp3) is 0.188. The van der Waals surface area contributed by atoms with Gasteiger partial charge in [0.15, 0.2) is 0 Å². The zero-order valence-electron chi connectivity index (χ0n) is 11.5. The molecule has 0 spiro atoms. The van der Waals surface area contributed by atoms with Gasteiger partial charge < -0.3 is 10.1 Å². The van der Waals surface area contributed by atoms with Crippen molar-refractivity contribution in [3.05, 3.63) is 65.7 Å². The highest BCUT2D eigenvalue weighted by molar-refractivity contribution is 5.78. The fourth-order valence-corrected chi connectivity index (χ4v) is 2.01. The van der Waals surface area contributed by atoms with E-state index in [1.807, 2.05) is 6.07 Å². The van der Waals surface area contributed by atoms with Gasteiger partial charge in [0.25, 0.3) is 0 Å². The third-order valence-electron chi connectivity index (χ3n) is 3.11. The van der Waals surface area contributed by atoms with Crippen LogP contribution in [0.2, 0.25) is 0 Å². The van der Waals surface area contributed by atoms with Crippen LogP contribution in [0, 0.1) is 11.6 Å². The molecule has 1 unspecified atom stereocenters. The number of rotatable bonds is 5. The topological polar surface area (TPSA) is 38.3 Å². The number of ether oxygens (including phenoxy) is 1. The molecular weight excluding hydrogens is 276 g/mol. The van der Waals surface area contributed by atoms with Gasteiger partial charge in [0, 0.05) is 6.54 Å². The number of halogens is 2. The number of benzene rings is 2. The molecule has 1 N–H and O–H groups in total. The molecule has 0 saturated heterocycles. The Hall–Kier alpha value is -2.43. The summed E-state index contributed by atoms with van der Waals surface area (Å²) in [6.07, 6.45) is 0. The number of hydrogen-bond acceptors (Lipinski definition) is 3. The van der Waals surface area contributed by atoms with E-state index in [2.05, 4.69) is 5.32 Å². The molecular formula is C16H15F2NO2. The molecule has 0 aliphatic rings. The molecule has 2 aromatic rings. The minimum atomic E-state index is -0.598. The maximum Gasteiger partial charge on any atom is 0.314 e. The van der Waals surface area contributed by atoms with Crippen molar-refractivity contribution in [1.82, 2.24) is 0 Å². The molecule has 5 heteroatoms. The number of nitrogens with one attached hydrogen (secondary N) is 1. The Morgan fingerprint density at radius 3 is 2.57 bits per heavy atom. The first-order valence-electron chi connectivity index (χ1n) is 6.43. The first-order valence-corrected chi connectivity index (χ1v) is 6.43. The van der Waals surface area contributed by atoms with Crippen LogP contribution in [-0.2, 0) is 9.53 Å². The van der Waals surface area contributed by atoms with E-state index in [4.69, 9.17) is 4.74 Å². The second kappa shape index (κ2) is 6.83. The predicted octanol–water partition coefficient (Wildman–Crippen LogP) is 3.33.